The van der Waals surface area contributed by atoms with Gasteiger partial charge in [-0.3, -0.25) is 0 Å². The van der Waals surface area contributed by atoms with Crippen LogP contribution in [0.4, 0.5) is 0 Å². The Labute approximate surface area is 127 Å². The van der Waals surface area contributed by atoms with Crippen LogP contribution >= 0.6 is 12.4 Å². The Balaban J connectivity index is 0.00000200. The maximum absolute atomic E-state index is 5.78. The molecule has 0 radical (unpaired) electrons. The minimum absolute atomic E-state index is 0. The van der Waals surface area contributed by atoms with E-state index >= 15 is 0 Å². The number of hydrogen-bond acceptors (Lipinski definition) is 4. The SMILES string of the molecule is CN(Cc1ccc2c(c1)OCCO2)CC(C)(C)CN.Cl. The molecule has 1 heterocycles. The van der Waals surface area contributed by atoms with Crippen molar-refractivity contribution in [2.75, 3.05) is 33.4 Å². The molecule has 0 saturated carbocycles. The molecular formula is C15H25ClN2O2. The molecule has 114 valence electrons. The first-order valence-electron chi connectivity index (χ1n) is 6.77. The minimum Gasteiger partial charge on any atom is -0.486 e. The second-order valence-electron chi connectivity index (χ2n) is 6.02. The fraction of sp³-hybridized carbons (Fsp3) is 0.600. The van der Waals surface area contributed by atoms with E-state index in [-0.39, 0.29) is 17.8 Å². The molecule has 0 aliphatic carbocycles. The molecule has 5 heteroatoms. The number of fused-ring (bicyclic) bond motifs is 1. The summed E-state index contributed by atoms with van der Waals surface area (Å²) < 4.78 is 11.1. The first-order valence-corrected chi connectivity index (χ1v) is 6.77. The zero-order valence-corrected chi connectivity index (χ0v) is 13.3. The predicted molar refractivity (Wildman–Crippen MR) is 83.8 cm³/mol. The molecule has 0 aromatic heterocycles. The summed E-state index contributed by atoms with van der Waals surface area (Å²) in [6.45, 7) is 8.19. The summed E-state index contributed by atoms with van der Waals surface area (Å²) in [7, 11) is 2.12. The van der Waals surface area contributed by atoms with E-state index in [1.807, 2.05) is 6.07 Å². The number of rotatable bonds is 5. The van der Waals surface area contributed by atoms with Gasteiger partial charge in [-0.25, -0.2) is 0 Å². The molecule has 0 fully saturated rings. The van der Waals surface area contributed by atoms with Crippen molar-refractivity contribution in [1.82, 2.24) is 4.90 Å². The number of benzene rings is 1. The minimum atomic E-state index is 0. The van der Waals surface area contributed by atoms with Crippen LogP contribution in [0.1, 0.15) is 19.4 Å². The molecule has 4 nitrogen and oxygen atoms in total. The zero-order valence-electron chi connectivity index (χ0n) is 12.5. The maximum Gasteiger partial charge on any atom is 0.161 e. The van der Waals surface area contributed by atoms with Crippen molar-refractivity contribution in [1.29, 1.82) is 0 Å². The lowest BCUT2D eigenvalue weighted by molar-refractivity contribution is 0.170. The fourth-order valence-electron chi connectivity index (χ4n) is 2.35. The van der Waals surface area contributed by atoms with Gasteiger partial charge in [-0.1, -0.05) is 19.9 Å². The monoisotopic (exact) mass is 300 g/mol. The highest BCUT2D eigenvalue weighted by molar-refractivity contribution is 5.85. The van der Waals surface area contributed by atoms with Gasteiger partial charge in [0.05, 0.1) is 0 Å². The van der Waals surface area contributed by atoms with Crippen molar-refractivity contribution < 1.29 is 9.47 Å². The maximum atomic E-state index is 5.78. The first kappa shape index (κ1) is 17.1. The molecule has 1 aromatic carbocycles. The van der Waals surface area contributed by atoms with Gasteiger partial charge in [0.1, 0.15) is 13.2 Å². The topological polar surface area (TPSA) is 47.7 Å². The fourth-order valence-corrected chi connectivity index (χ4v) is 2.35. The van der Waals surface area contributed by atoms with Crippen molar-refractivity contribution in [2.45, 2.75) is 20.4 Å². The second kappa shape index (κ2) is 7.16. The van der Waals surface area contributed by atoms with Crippen molar-refractivity contribution in [3.63, 3.8) is 0 Å². The zero-order chi connectivity index (χ0) is 13.9. The standard InChI is InChI=1S/C15H24N2O2.ClH/c1-15(2,10-16)11-17(3)9-12-4-5-13-14(8-12)19-7-6-18-13;/h4-5,8H,6-7,9-11,16H2,1-3H3;1H. The normalized spacial score (nSPS) is 14.1. The van der Waals surface area contributed by atoms with Gasteiger partial charge in [-0.2, -0.15) is 0 Å². The number of nitrogens with two attached hydrogens (primary N) is 1. The summed E-state index contributed by atoms with van der Waals surface area (Å²) in [5, 5.41) is 0. The number of hydrogen-bond donors (Lipinski definition) is 1. The van der Waals surface area contributed by atoms with E-state index in [0.29, 0.717) is 19.8 Å². The van der Waals surface area contributed by atoms with Gasteiger partial charge in [0, 0.05) is 13.1 Å². The second-order valence-corrected chi connectivity index (χ2v) is 6.02. The van der Waals surface area contributed by atoms with Gasteiger partial charge in [0.25, 0.3) is 0 Å². The van der Waals surface area contributed by atoms with Gasteiger partial charge in [0.2, 0.25) is 0 Å². The summed E-state index contributed by atoms with van der Waals surface area (Å²) in [4.78, 5) is 2.29. The molecule has 2 N–H and O–H groups in total. The summed E-state index contributed by atoms with van der Waals surface area (Å²) in [6, 6.07) is 6.16. The van der Waals surface area contributed by atoms with Crippen molar-refractivity contribution >= 4 is 12.4 Å². The Kier molecular flexibility index (Phi) is 6.11. The molecule has 0 bridgehead atoms. The molecule has 0 atom stereocenters. The van der Waals surface area contributed by atoms with Crippen molar-refractivity contribution in [2.24, 2.45) is 11.1 Å². The van der Waals surface area contributed by atoms with Crippen LogP contribution in [0, 0.1) is 5.41 Å². The van der Waals surface area contributed by atoms with Gasteiger partial charge in [-0.05, 0) is 36.7 Å². The summed E-state index contributed by atoms with van der Waals surface area (Å²) in [6.07, 6.45) is 0. The number of halogens is 1. The highest BCUT2D eigenvalue weighted by Gasteiger charge is 2.18. The Hall–Kier alpha value is -0.970. The average molecular weight is 301 g/mol. The smallest absolute Gasteiger partial charge is 0.161 e. The van der Waals surface area contributed by atoms with E-state index in [0.717, 1.165) is 24.6 Å². The van der Waals surface area contributed by atoms with E-state index in [2.05, 4.69) is 37.9 Å². The highest BCUT2D eigenvalue weighted by Crippen LogP contribution is 2.31. The van der Waals surface area contributed by atoms with Crippen LogP contribution in [-0.2, 0) is 6.54 Å². The lowest BCUT2D eigenvalue weighted by Gasteiger charge is -2.29. The van der Waals surface area contributed by atoms with Gasteiger partial charge in [-0.15, -0.1) is 12.4 Å². The molecule has 0 amide bonds. The quantitative estimate of drug-likeness (QED) is 0.906. The molecule has 2 rings (SSSR count). The van der Waals surface area contributed by atoms with E-state index < -0.39 is 0 Å². The van der Waals surface area contributed by atoms with E-state index in [9.17, 15) is 0 Å². The van der Waals surface area contributed by atoms with Crippen LogP contribution in [0.2, 0.25) is 0 Å². The van der Waals surface area contributed by atoms with Crippen molar-refractivity contribution in [3.05, 3.63) is 23.8 Å². The Morgan fingerprint density at radius 3 is 2.50 bits per heavy atom. The first-order chi connectivity index (χ1) is 9.00. The third kappa shape index (κ3) is 4.54. The lowest BCUT2D eigenvalue weighted by Crippen LogP contribution is -2.36. The highest BCUT2D eigenvalue weighted by atomic mass is 35.5. The van der Waals surface area contributed by atoms with Crippen LogP contribution in [0.5, 0.6) is 11.5 Å². The summed E-state index contributed by atoms with van der Waals surface area (Å²) >= 11 is 0. The molecule has 1 aliphatic rings. The van der Waals surface area contributed by atoms with Crippen LogP contribution in [0.25, 0.3) is 0 Å². The molecule has 20 heavy (non-hydrogen) atoms. The van der Waals surface area contributed by atoms with Crippen LogP contribution in [0.15, 0.2) is 18.2 Å². The molecular weight excluding hydrogens is 276 g/mol. The van der Waals surface area contributed by atoms with Crippen LogP contribution < -0.4 is 15.2 Å². The summed E-state index contributed by atoms with van der Waals surface area (Å²) in [5.41, 5.74) is 7.15. The Bertz CT molecular complexity index is 438. The third-order valence-corrected chi connectivity index (χ3v) is 3.31. The Morgan fingerprint density at radius 1 is 1.20 bits per heavy atom. The third-order valence-electron chi connectivity index (χ3n) is 3.31. The summed E-state index contributed by atoms with van der Waals surface area (Å²) in [5.74, 6) is 1.70. The van der Waals surface area contributed by atoms with Gasteiger partial charge >= 0.3 is 0 Å². The molecule has 0 spiro atoms. The van der Waals surface area contributed by atoms with Crippen LogP contribution in [0.3, 0.4) is 0 Å². The van der Waals surface area contributed by atoms with Gasteiger partial charge in [0.15, 0.2) is 11.5 Å². The molecule has 0 unspecified atom stereocenters. The molecule has 1 aliphatic heterocycles. The predicted octanol–water partition coefficient (Wildman–Crippen LogP) is 2.30. The number of nitrogens with zero attached hydrogens (tertiary/aromatic N) is 1. The Morgan fingerprint density at radius 2 is 1.85 bits per heavy atom. The van der Waals surface area contributed by atoms with E-state index in [1.165, 1.54) is 5.56 Å². The number of ether oxygens (including phenoxy) is 2. The van der Waals surface area contributed by atoms with E-state index in [4.69, 9.17) is 15.2 Å². The van der Waals surface area contributed by atoms with Gasteiger partial charge < -0.3 is 20.1 Å². The lowest BCUT2D eigenvalue weighted by atomic mass is 9.93. The average Bonchev–Trinajstić information content (AvgIpc) is 2.38. The molecule has 1 aromatic rings. The molecule has 0 saturated heterocycles. The largest absolute Gasteiger partial charge is 0.486 e. The van der Waals surface area contributed by atoms with Crippen molar-refractivity contribution in [3.8, 4) is 11.5 Å². The van der Waals surface area contributed by atoms with Crippen LogP contribution in [-0.4, -0.2) is 38.3 Å². The van der Waals surface area contributed by atoms with E-state index in [1.54, 1.807) is 0 Å².